The molecule has 0 spiro atoms. The summed E-state index contributed by atoms with van der Waals surface area (Å²) in [6.07, 6.45) is 2.11. The fourth-order valence-corrected chi connectivity index (χ4v) is 2.00. The second-order valence-corrected chi connectivity index (χ2v) is 4.39. The highest BCUT2D eigenvalue weighted by Gasteiger charge is 2.20. The summed E-state index contributed by atoms with van der Waals surface area (Å²) >= 11 is 0. The first-order valence-electron chi connectivity index (χ1n) is 5.90. The first kappa shape index (κ1) is 12.5. The van der Waals surface area contributed by atoms with Crippen LogP contribution in [0.4, 0.5) is 5.88 Å². The van der Waals surface area contributed by atoms with Gasteiger partial charge in [-0.15, -0.1) is 0 Å². The highest BCUT2D eigenvalue weighted by atomic mass is 16.4. The van der Waals surface area contributed by atoms with Crippen molar-refractivity contribution in [2.45, 2.75) is 12.8 Å². The van der Waals surface area contributed by atoms with Gasteiger partial charge < -0.3 is 19.3 Å². The van der Waals surface area contributed by atoms with Crippen LogP contribution in [0.2, 0.25) is 0 Å². The molecule has 1 N–H and O–H groups in total. The average Bonchev–Trinajstić information content (AvgIpc) is 3.00. The highest BCUT2D eigenvalue weighted by molar-refractivity contribution is 5.85. The number of carboxylic acids is 1. The maximum absolute atomic E-state index is 11.9. The molecule has 1 fully saturated rings. The Morgan fingerprint density at radius 1 is 1.39 bits per heavy atom. The average molecular weight is 252 g/mol. The van der Waals surface area contributed by atoms with Gasteiger partial charge in [0.2, 0.25) is 11.7 Å². The molecular weight excluding hydrogens is 236 g/mol. The number of nitrogens with zero attached hydrogens (tertiary/aromatic N) is 2. The fraction of sp³-hybridized carbons (Fsp3) is 0.500. The number of anilines is 1. The van der Waals surface area contributed by atoms with E-state index >= 15 is 0 Å². The Balaban J connectivity index is 1.95. The second-order valence-electron chi connectivity index (χ2n) is 4.39. The molecule has 2 rings (SSSR count). The summed E-state index contributed by atoms with van der Waals surface area (Å²) in [6.45, 7) is 1.82. The van der Waals surface area contributed by atoms with E-state index in [1.165, 1.54) is 6.07 Å². The van der Waals surface area contributed by atoms with Crippen LogP contribution in [0.3, 0.4) is 0 Å². The van der Waals surface area contributed by atoms with E-state index in [1.54, 1.807) is 18.0 Å². The normalized spacial score (nSPS) is 14.8. The summed E-state index contributed by atoms with van der Waals surface area (Å²) in [5.74, 6) is -0.797. The van der Waals surface area contributed by atoms with Gasteiger partial charge in [-0.3, -0.25) is 4.79 Å². The first-order valence-corrected chi connectivity index (χ1v) is 5.90. The molecule has 1 aromatic rings. The predicted molar refractivity (Wildman–Crippen MR) is 64.8 cm³/mol. The molecule has 0 bridgehead atoms. The summed E-state index contributed by atoms with van der Waals surface area (Å²) < 4.78 is 5.13. The van der Waals surface area contributed by atoms with Gasteiger partial charge in [-0.25, -0.2) is 4.79 Å². The lowest BCUT2D eigenvalue weighted by atomic mass is 10.4. The van der Waals surface area contributed by atoms with Crippen LogP contribution in [0.15, 0.2) is 16.5 Å². The third-order valence-electron chi connectivity index (χ3n) is 3.01. The smallest absolute Gasteiger partial charge is 0.371 e. The molecule has 98 valence electrons. The van der Waals surface area contributed by atoms with Crippen LogP contribution >= 0.6 is 0 Å². The van der Waals surface area contributed by atoms with E-state index in [-0.39, 0.29) is 18.2 Å². The zero-order valence-corrected chi connectivity index (χ0v) is 10.3. The van der Waals surface area contributed by atoms with Crippen molar-refractivity contribution in [2.24, 2.45) is 0 Å². The number of likely N-dealkylation sites (N-methyl/N-ethyl adjacent to an activating group) is 1. The minimum absolute atomic E-state index is 0.0447. The maximum atomic E-state index is 11.9. The van der Waals surface area contributed by atoms with Crippen LogP contribution in [0.1, 0.15) is 23.4 Å². The monoisotopic (exact) mass is 252 g/mol. The quantitative estimate of drug-likeness (QED) is 0.866. The van der Waals surface area contributed by atoms with Gasteiger partial charge in [-0.2, -0.15) is 0 Å². The topological polar surface area (TPSA) is 74.0 Å². The van der Waals surface area contributed by atoms with Gasteiger partial charge >= 0.3 is 5.97 Å². The van der Waals surface area contributed by atoms with E-state index in [2.05, 4.69) is 0 Å². The molecule has 0 saturated carbocycles. The zero-order chi connectivity index (χ0) is 13.1. The molecule has 0 aromatic carbocycles. The molecule has 0 unspecified atom stereocenters. The van der Waals surface area contributed by atoms with Gasteiger partial charge in [0.15, 0.2) is 5.88 Å². The van der Waals surface area contributed by atoms with E-state index in [4.69, 9.17) is 9.52 Å². The number of likely N-dealkylation sites (tertiary alicyclic amines) is 1. The molecule has 6 heteroatoms. The molecule has 1 aromatic heterocycles. The maximum Gasteiger partial charge on any atom is 0.371 e. The third-order valence-corrected chi connectivity index (χ3v) is 3.01. The SMILES string of the molecule is CN(CC(=O)N1CCCC1)c1ccc(C(=O)O)o1. The number of carboxylic acid groups (broad SMARTS) is 1. The van der Waals surface area contributed by atoms with Gasteiger partial charge in [0, 0.05) is 26.2 Å². The van der Waals surface area contributed by atoms with E-state index < -0.39 is 5.97 Å². The molecule has 2 heterocycles. The Hall–Kier alpha value is -1.98. The number of hydrogen-bond donors (Lipinski definition) is 1. The largest absolute Gasteiger partial charge is 0.475 e. The van der Waals surface area contributed by atoms with Crippen molar-refractivity contribution in [2.75, 3.05) is 31.6 Å². The van der Waals surface area contributed by atoms with Crippen LogP contribution in [0.25, 0.3) is 0 Å². The van der Waals surface area contributed by atoms with Crippen LogP contribution < -0.4 is 4.90 Å². The lowest BCUT2D eigenvalue weighted by Gasteiger charge is -2.20. The van der Waals surface area contributed by atoms with Crippen LogP contribution in [-0.2, 0) is 4.79 Å². The summed E-state index contributed by atoms with van der Waals surface area (Å²) in [4.78, 5) is 26.0. The Labute approximate surface area is 105 Å². The Kier molecular flexibility index (Phi) is 3.55. The van der Waals surface area contributed by atoms with Crippen molar-refractivity contribution in [3.05, 3.63) is 17.9 Å². The third kappa shape index (κ3) is 2.64. The molecule has 1 aliphatic rings. The Bertz CT molecular complexity index is 449. The van der Waals surface area contributed by atoms with Crippen LogP contribution in [-0.4, -0.2) is 48.6 Å². The van der Waals surface area contributed by atoms with Gasteiger partial charge in [-0.05, 0) is 18.9 Å². The van der Waals surface area contributed by atoms with Crippen molar-refractivity contribution >= 4 is 17.8 Å². The lowest BCUT2D eigenvalue weighted by molar-refractivity contribution is -0.128. The van der Waals surface area contributed by atoms with E-state index in [9.17, 15) is 9.59 Å². The number of carbonyl (C=O) groups excluding carboxylic acids is 1. The second kappa shape index (κ2) is 5.12. The van der Waals surface area contributed by atoms with Gasteiger partial charge in [-0.1, -0.05) is 0 Å². The molecule has 1 aliphatic heterocycles. The summed E-state index contributed by atoms with van der Waals surface area (Å²) in [7, 11) is 1.71. The molecule has 1 amide bonds. The molecule has 6 nitrogen and oxygen atoms in total. The standard InChI is InChI=1S/C12H16N2O4/c1-13(8-10(15)14-6-2-3-7-14)11-5-4-9(18-11)12(16)17/h4-5H,2-3,6-8H2,1H3,(H,16,17). The molecular formula is C12H16N2O4. The van der Waals surface area contributed by atoms with Crippen LogP contribution in [0.5, 0.6) is 0 Å². The minimum atomic E-state index is -1.11. The van der Waals surface area contributed by atoms with E-state index in [0.29, 0.717) is 5.88 Å². The summed E-state index contributed by atoms with van der Waals surface area (Å²) in [5, 5.41) is 8.75. The summed E-state index contributed by atoms with van der Waals surface area (Å²) in [6, 6.07) is 2.94. The van der Waals surface area contributed by atoms with Gasteiger partial charge in [0.1, 0.15) is 0 Å². The first-order chi connectivity index (χ1) is 8.58. The molecule has 18 heavy (non-hydrogen) atoms. The lowest BCUT2D eigenvalue weighted by Crippen LogP contribution is -2.37. The number of amides is 1. The van der Waals surface area contributed by atoms with Gasteiger partial charge in [0.25, 0.3) is 0 Å². The Morgan fingerprint density at radius 3 is 2.61 bits per heavy atom. The zero-order valence-electron chi connectivity index (χ0n) is 10.3. The molecule has 1 saturated heterocycles. The number of carbonyl (C=O) groups is 2. The van der Waals surface area contributed by atoms with E-state index in [0.717, 1.165) is 25.9 Å². The number of rotatable bonds is 4. The molecule has 0 aliphatic carbocycles. The molecule has 0 radical (unpaired) electrons. The summed E-state index contributed by atoms with van der Waals surface area (Å²) in [5.41, 5.74) is 0. The highest BCUT2D eigenvalue weighted by Crippen LogP contribution is 2.17. The van der Waals surface area contributed by atoms with Crippen molar-refractivity contribution < 1.29 is 19.1 Å². The number of furan rings is 1. The van der Waals surface area contributed by atoms with Crippen molar-refractivity contribution in [1.82, 2.24) is 4.90 Å². The van der Waals surface area contributed by atoms with Gasteiger partial charge in [0.05, 0.1) is 6.54 Å². The number of aromatic carboxylic acids is 1. The van der Waals surface area contributed by atoms with Crippen molar-refractivity contribution in [1.29, 1.82) is 0 Å². The van der Waals surface area contributed by atoms with E-state index in [1.807, 2.05) is 4.90 Å². The van der Waals surface area contributed by atoms with Crippen LogP contribution in [0, 0.1) is 0 Å². The van der Waals surface area contributed by atoms with Crippen molar-refractivity contribution in [3.63, 3.8) is 0 Å². The number of hydrogen-bond acceptors (Lipinski definition) is 4. The fourth-order valence-electron chi connectivity index (χ4n) is 2.00. The molecule has 0 atom stereocenters. The minimum Gasteiger partial charge on any atom is -0.475 e. The van der Waals surface area contributed by atoms with Crippen molar-refractivity contribution in [3.8, 4) is 0 Å². The Morgan fingerprint density at radius 2 is 2.06 bits per heavy atom. The predicted octanol–water partition coefficient (Wildman–Crippen LogP) is 1.04.